The number of nitrogens with zero attached hydrogens (tertiary/aromatic N) is 3. The van der Waals surface area contributed by atoms with Gasteiger partial charge in [0.2, 0.25) is 0 Å². The molecule has 0 fully saturated rings. The van der Waals surface area contributed by atoms with E-state index < -0.39 is 17.2 Å². The molecular weight excluding hydrogens is 403 g/mol. The smallest absolute Gasteiger partial charge is 0.160 e. The Balaban J connectivity index is 1.88. The first-order valence-corrected chi connectivity index (χ1v) is 9.92. The Morgan fingerprint density at radius 3 is 2.61 bits per heavy atom. The third kappa shape index (κ3) is 3.90. The molecule has 1 aromatic heterocycles. The van der Waals surface area contributed by atoms with Crippen LogP contribution in [0.2, 0.25) is 0 Å². The molecule has 0 saturated heterocycles. The molecule has 3 aromatic rings. The summed E-state index contributed by atoms with van der Waals surface area (Å²) in [5, 5.41) is 3.19. The van der Waals surface area contributed by atoms with Crippen molar-refractivity contribution in [3.05, 3.63) is 78.0 Å². The van der Waals surface area contributed by atoms with E-state index in [-0.39, 0.29) is 5.82 Å². The number of nitrogens with two attached hydrogens (primary N) is 1. The molecule has 0 unspecified atom stereocenters. The van der Waals surface area contributed by atoms with Crippen molar-refractivity contribution in [2.75, 3.05) is 18.4 Å². The van der Waals surface area contributed by atoms with Crippen LogP contribution in [0.15, 0.2) is 54.7 Å². The maximum Gasteiger partial charge on any atom is 0.160 e. The largest absolute Gasteiger partial charge is 0.364 e. The summed E-state index contributed by atoms with van der Waals surface area (Å²) in [6.07, 6.45) is 0. The highest BCUT2D eigenvalue weighted by Crippen LogP contribution is 2.39. The van der Waals surface area contributed by atoms with Crippen molar-refractivity contribution in [1.29, 1.82) is 0 Å². The minimum Gasteiger partial charge on any atom is -0.364 e. The summed E-state index contributed by atoms with van der Waals surface area (Å²) in [5.74, 6) is -0.965. The Kier molecular flexibility index (Phi) is 5.26. The number of anilines is 2. The molecule has 4 rings (SSSR count). The molecule has 1 aliphatic rings. The van der Waals surface area contributed by atoms with Crippen molar-refractivity contribution in [2.24, 2.45) is 5.73 Å². The fourth-order valence-electron chi connectivity index (χ4n) is 4.00. The molecule has 0 saturated carbocycles. The van der Waals surface area contributed by atoms with E-state index in [0.717, 1.165) is 23.7 Å². The zero-order chi connectivity index (χ0) is 22.3. The summed E-state index contributed by atoms with van der Waals surface area (Å²) in [7, 11) is 0. The lowest BCUT2D eigenvalue weighted by Gasteiger charge is -2.42. The van der Waals surface area contributed by atoms with Gasteiger partial charge in [-0.1, -0.05) is 18.7 Å². The predicted octanol–water partition coefficient (Wildman–Crippen LogP) is 4.73. The van der Waals surface area contributed by atoms with Gasteiger partial charge in [0.25, 0.3) is 0 Å². The van der Waals surface area contributed by atoms with Gasteiger partial charge in [-0.3, -0.25) is 0 Å². The van der Waals surface area contributed by atoms with Crippen LogP contribution >= 0.6 is 0 Å². The van der Waals surface area contributed by atoms with Gasteiger partial charge in [-0.25, -0.2) is 18.2 Å². The standard InChI is InChI=1S/C23H24F3N5/c1-14(11-27)30-12-20-29-21(15-5-4-6-16(24)9-15)22(31(20)23(2,3)13-30)28-17-7-8-18(25)19(26)10-17/h4-10,28H,1,11-13,27H2,2-3H3. The van der Waals surface area contributed by atoms with Gasteiger partial charge in [-0.15, -0.1) is 0 Å². The van der Waals surface area contributed by atoms with Gasteiger partial charge in [0.1, 0.15) is 23.2 Å². The summed E-state index contributed by atoms with van der Waals surface area (Å²) < 4.78 is 43.3. The normalized spacial score (nSPS) is 15.0. The van der Waals surface area contributed by atoms with Gasteiger partial charge >= 0.3 is 0 Å². The molecule has 31 heavy (non-hydrogen) atoms. The van der Waals surface area contributed by atoms with Crippen LogP contribution in [0.4, 0.5) is 24.7 Å². The van der Waals surface area contributed by atoms with Crippen LogP contribution in [0.5, 0.6) is 0 Å². The van der Waals surface area contributed by atoms with Crippen molar-refractivity contribution >= 4 is 11.5 Å². The summed E-state index contributed by atoms with van der Waals surface area (Å²) in [5.41, 5.74) is 7.61. The molecule has 0 radical (unpaired) electrons. The molecule has 8 heteroatoms. The molecule has 5 nitrogen and oxygen atoms in total. The van der Waals surface area contributed by atoms with E-state index in [2.05, 4.69) is 16.8 Å². The van der Waals surface area contributed by atoms with Crippen LogP contribution < -0.4 is 11.1 Å². The Labute approximate surface area is 179 Å². The van der Waals surface area contributed by atoms with Crippen LogP contribution in [-0.4, -0.2) is 27.5 Å². The number of halogens is 3. The van der Waals surface area contributed by atoms with Crippen molar-refractivity contribution in [3.8, 4) is 11.3 Å². The fourth-order valence-corrected chi connectivity index (χ4v) is 4.00. The highest BCUT2D eigenvalue weighted by molar-refractivity contribution is 5.77. The molecule has 1 aliphatic heterocycles. The zero-order valence-corrected chi connectivity index (χ0v) is 17.4. The second-order valence-electron chi connectivity index (χ2n) is 8.26. The molecular formula is C23H24F3N5. The lowest BCUT2D eigenvalue weighted by atomic mass is 10.0. The van der Waals surface area contributed by atoms with Gasteiger partial charge in [0.05, 0.1) is 12.1 Å². The monoisotopic (exact) mass is 427 g/mol. The highest BCUT2D eigenvalue weighted by Gasteiger charge is 2.36. The Bertz CT molecular complexity index is 1150. The molecule has 3 N–H and O–H groups in total. The maximum atomic E-state index is 14.0. The SMILES string of the molecule is C=C(CN)N1Cc2nc(-c3cccc(F)c3)c(Nc3ccc(F)c(F)c3)n2C(C)(C)C1. The highest BCUT2D eigenvalue weighted by atomic mass is 19.2. The molecule has 0 aliphatic carbocycles. The van der Waals surface area contributed by atoms with E-state index >= 15 is 0 Å². The zero-order valence-electron chi connectivity index (χ0n) is 17.4. The minimum absolute atomic E-state index is 0.327. The van der Waals surface area contributed by atoms with Gasteiger partial charge in [-0.2, -0.15) is 0 Å². The van der Waals surface area contributed by atoms with Crippen molar-refractivity contribution in [2.45, 2.75) is 25.9 Å². The number of fused-ring (bicyclic) bond motifs is 1. The number of imidazole rings is 1. The van der Waals surface area contributed by atoms with E-state index in [0.29, 0.717) is 42.4 Å². The predicted molar refractivity (Wildman–Crippen MR) is 115 cm³/mol. The maximum absolute atomic E-state index is 14.0. The van der Waals surface area contributed by atoms with Crippen LogP contribution in [0.1, 0.15) is 19.7 Å². The third-order valence-corrected chi connectivity index (χ3v) is 5.43. The molecule has 2 heterocycles. The Morgan fingerprint density at radius 2 is 1.94 bits per heavy atom. The third-order valence-electron chi connectivity index (χ3n) is 5.43. The number of hydrogen-bond donors (Lipinski definition) is 2. The van der Waals surface area contributed by atoms with Crippen LogP contribution in [0.3, 0.4) is 0 Å². The topological polar surface area (TPSA) is 59.1 Å². The lowest BCUT2D eigenvalue weighted by molar-refractivity contribution is 0.165. The van der Waals surface area contributed by atoms with Crippen molar-refractivity contribution < 1.29 is 13.2 Å². The van der Waals surface area contributed by atoms with Crippen LogP contribution in [-0.2, 0) is 12.1 Å². The molecule has 2 aromatic carbocycles. The number of benzene rings is 2. The lowest BCUT2D eigenvalue weighted by Crippen LogP contribution is -2.47. The average Bonchev–Trinajstić information content (AvgIpc) is 3.09. The van der Waals surface area contributed by atoms with Crippen LogP contribution in [0.25, 0.3) is 11.3 Å². The second-order valence-corrected chi connectivity index (χ2v) is 8.26. The second kappa shape index (κ2) is 7.77. The summed E-state index contributed by atoms with van der Waals surface area (Å²) in [6.45, 7) is 9.55. The van der Waals surface area contributed by atoms with E-state index in [1.165, 1.54) is 18.2 Å². The molecule has 0 atom stereocenters. The number of rotatable bonds is 5. The molecule has 0 spiro atoms. The number of nitrogens with one attached hydrogen (secondary N) is 1. The summed E-state index contributed by atoms with van der Waals surface area (Å²) >= 11 is 0. The van der Waals surface area contributed by atoms with Gasteiger partial charge in [-0.05, 0) is 38.1 Å². The van der Waals surface area contributed by atoms with Crippen LogP contribution in [0, 0.1) is 17.5 Å². The molecule has 0 bridgehead atoms. The molecule has 162 valence electrons. The van der Waals surface area contributed by atoms with E-state index in [1.54, 1.807) is 12.1 Å². The van der Waals surface area contributed by atoms with Crippen molar-refractivity contribution in [3.63, 3.8) is 0 Å². The van der Waals surface area contributed by atoms with E-state index in [9.17, 15) is 13.2 Å². The fraction of sp³-hybridized carbons (Fsp3) is 0.261. The van der Waals surface area contributed by atoms with Crippen molar-refractivity contribution in [1.82, 2.24) is 14.5 Å². The van der Waals surface area contributed by atoms with Gasteiger partial charge in [0.15, 0.2) is 11.6 Å². The van der Waals surface area contributed by atoms with E-state index in [1.807, 2.05) is 18.4 Å². The first kappa shape index (κ1) is 21.0. The number of hydrogen-bond acceptors (Lipinski definition) is 4. The Hall–Kier alpha value is -3.26. The number of aromatic nitrogens is 2. The summed E-state index contributed by atoms with van der Waals surface area (Å²) in [6, 6.07) is 9.73. The average molecular weight is 427 g/mol. The minimum atomic E-state index is -0.958. The van der Waals surface area contributed by atoms with E-state index in [4.69, 9.17) is 10.7 Å². The first-order chi connectivity index (χ1) is 14.7. The quantitative estimate of drug-likeness (QED) is 0.618. The molecule has 0 amide bonds. The first-order valence-electron chi connectivity index (χ1n) is 9.92. The Morgan fingerprint density at radius 1 is 1.16 bits per heavy atom. The van der Waals surface area contributed by atoms with Gasteiger partial charge < -0.3 is 20.5 Å². The van der Waals surface area contributed by atoms with Gasteiger partial charge in [0, 0.05) is 36.1 Å². The summed E-state index contributed by atoms with van der Waals surface area (Å²) in [4.78, 5) is 6.87.